The fourth-order valence-electron chi connectivity index (χ4n) is 0.727. The Balaban J connectivity index is 3.10. The minimum Gasteiger partial charge on any atom is -0.395 e. The van der Waals surface area contributed by atoms with Gasteiger partial charge in [-0.2, -0.15) is 0 Å². The molecule has 0 aromatic heterocycles. The molecular formula is C8H19NO2. The fourth-order valence-corrected chi connectivity index (χ4v) is 0.727. The van der Waals surface area contributed by atoms with Crippen LogP contribution < -0.4 is 0 Å². The van der Waals surface area contributed by atoms with Crippen molar-refractivity contribution in [2.75, 3.05) is 33.4 Å². The molecule has 0 heterocycles. The Labute approximate surface area is 69.0 Å². The standard InChI is InChI=1S/C8H19NO2/c1-8(2)11-7-5-9(3)4-6-10/h8,10H,4-7H2,1-3H3. The molecule has 68 valence electrons. The molecule has 0 atom stereocenters. The number of ether oxygens (including phenoxy) is 1. The van der Waals surface area contributed by atoms with Crippen molar-refractivity contribution in [1.82, 2.24) is 4.90 Å². The van der Waals surface area contributed by atoms with Gasteiger partial charge in [0.15, 0.2) is 0 Å². The van der Waals surface area contributed by atoms with E-state index in [0.717, 1.165) is 19.7 Å². The van der Waals surface area contributed by atoms with Crippen LogP contribution in [0.1, 0.15) is 13.8 Å². The molecule has 0 fully saturated rings. The SMILES string of the molecule is CC(C)OCCN(C)CCO. The third-order valence-corrected chi connectivity index (χ3v) is 1.41. The number of nitrogens with zero attached hydrogens (tertiary/aromatic N) is 1. The molecule has 0 aliphatic rings. The molecule has 0 amide bonds. The van der Waals surface area contributed by atoms with Crippen molar-refractivity contribution >= 4 is 0 Å². The molecular weight excluding hydrogens is 142 g/mol. The van der Waals surface area contributed by atoms with E-state index in [0.29, 0.717) is 6.10 Å². The van der Waals surface area contributed by atoms with Crippen LogP contribution in [-0.2, 0) is 4.74 Å². The number of hydrogen-bond donors (Lipinski definition) is 1. The maximum absolute atomic E-state index is 8.56. The van der Waals surface area contributed by atoms with Crippen LogP contribution in [0.2, 0.25) is 0 Å². The summed E-state index contributed by atoms with van der Waals surface area (Å²) in [5.41, 5.74) is 0. The van der Waals surface area contributed by atoms with Gasteiger partial charge >= 0.3 is 0 Å². The highest BCUT2D eigenvalue weighted by Gasteiger charge is 1.97. The number of hydrogen-bond acceptors (Lipinski definition) is 3. The van der Waals surface area contributed by atoms with Gasteiger partial charge in [-0.1, -0.05) is 0 Å². The van der Waals surface area contributed by atoms with Crippen molar-refractivity contribution in [2.24, 2.45) is 0 Å². The Morgan fingerprint density at radius 3 is 2.45 bits per heavy atom. The summed E-state index contributed by atoms with van der Waals surface area (Å²) in [5.74, 6) is 0. The zero-order chi connectivity index (χ0) is 8.69. The zero-order valence-corrected chi connectivity index (χ0v) is 7.71. The lowest BCUT2D eigenvalue weighted by atomic mass is 10.5. The van der Waals surface area contributed by atoms with Gasteiger partial charge in [0, 0.05) is 13.1 Å². The van der Waals surface area contributed by atoms with Gasteiger partial charge in [0.25, 0.3) is 0 Å². The van der Waals surface area contributed by atoms with E-state index in [9.17, 15) is 0 Å². The van der Waals surface area contributed by atoms with Gasteiger partial charge in [-0.15, -0.1) is 0 Å². The van der Waals surface area contributed by atoms with Crippen LogP contribution in [-0.4, -0.2) is 49.5 Å². The average Bonchev–Trinajstić information content (AvgIpc) is 1.87. The molecule has 0 bridgehead atoms. The Morgan fingerprint density at radius 1 is 1.36 bits per heavy atom. The molecule has 0 aliphatic carbocycles. The molecule has 1 N–H and O–H groups in total. The van der Waals surface area contributed by atoms with Crippen molar-refractivity contribution in [3.63, 3.8) is 0 Å². The molecule has 0 aromatic carbocycles. The van der Waals surface area contributed by atoms with Crippen molar-refractivity contribution in [1.29, 1.82) is 0 Å². The molecule has 0 saturated carbocycles. The van der Waals surface area contributed by atoms with Crippen molar-refractivity contribution in [2.45, 2.75) is 20.0 Å². The molecule has 0 aromatic rings. The van der Waals surface area contributed by atoms with E-state index >= 15 is 0 Å². The quantitative estimate of drug-likeness (QED) is 0.609. The molecule has 11 heavy (non-hydrogen) atoms. The smallest absolute Gasteiger partial charge is 0.0596 e. The molecule has 0 aliphatic heterocycles. The van der Waals surface area contributed by atoms with Crippen LogP contribution in [0, 0.1) is 0 Å². The number of aliphatic hydroxyl groups is 1. The highest BCUT2D eigenvalue weighted by atomic mass is 16.5. The summed E-state index contributed by atoms with van der Waals surface area (Å²) in [6.07, 6.45) is 0.303. The second kappa shape index (κ2) is 6.58. The maximum Gasteiger partial charge on any atom is 0.0596 e. The first kappa shape index (κ1) is 10.9. The van der Waals surface area contributed by atoms with Crippen LogP contribution in [0.25, 0.3) is 0 Å². The van der Waals surface area contributed by atoms with E-state index in [-0.39, 0.29) is 6.61 Å². The topological polar surface area (TPSA) is 32.7 Å². The minimum absolute atomic E-state index is 0.220. The third kappa shape index (κ3) is 7.78. The second-order valence-corrected chi connectivity index (χ2v) is 2.95. The van der Waals surface area contributed by atoms with E-state index in [4.69, 9.17) is 9.84 Å². The lowest BCUT2D eigenvalue weighted by Crippen LogP contribution is -2.27. The van der Waals surface area contributed by atoms with E-state index in [2.05, 4.69) is 0 Å². The van der Waals surface area contributed by atoms with Crippen LogP contribution in [0.3, 0.4) is 0 Å². The Morgan fingerprint density at radius 2 is 2.00 bits per heavy atom. The molecule has 3 nitrogen and oxygen atoms in total. The van der Waals surface area contributed by atoms with E-state index < -0.39 is 0 Å². The molecule has 0 radical (unpaired) electrons. The first-order valence-electron chi connectivity index (χ1n) is 4.07. The summed E-state index contributed by atoms with van der Waals surface area (Å²) in [5, 5.41) is 8.56. The van der Waals surface area contributed by atoms with Gasteiger partial charge in [-0.25, -0.2) is 0 Å². The summed E-state index contributed by atoms with van der Waals surface area (Å²) >= 11 is 0. The van der Waals surface area contributed by atoms with Gasteiger partial charge in [-0.3, -0.25) is 0 Å². The van der Waals surface area contributed by atoms with E-state index in [1.165, 1.54) is 0 Å². The third-order valence-electron chi connectivity index (χ3n) is 1.41. The first-order valence-corrected chi connectivity index (χ1v) is 4.07. The summed E-state index contributed by atoms with van der Waals surface area (Å²) < 4.78 is 5.34. The number of aliphatic hydroxyl groups excluding tert-OH is 1. The first-order chi connectivity index (χ1) is 5.16. The van der Waals surface area contributed by atoms with Gasteiger partial charge in [0.1, 0.15) is 0 Å². The molecule has 0 unspecified atom stereocenters. The largest absolute Gasteiger partial charge is 0.395 e. The fraction of sp³-hybridized carbons (Fsp3) is 1.00. The van der Waals surface area contributed by atoms with Gasteiger partial charge < -0.3 is 14.7 Å². The Kier molecular flexibility index (Phi) is 6.51. The number of likely N-dealkylation sites (N-methyl/N-ethyl adjacent to an activating group) is 1. The van der Waals surface area contributed by atoms with Gasteiger partial charge in [0.05, 0.1) is 19.3 Å². The van der Waals surface area contributed by atoms with Gasteiger partial charge in [-0.05, 0) is 20.9 Å². The highest BCUT2D eigenvalue weighted by Crippen LogP contribution is 1.88. The normalized spacial score (nSPS) is 11.5. The van der Waals surface area contributed by atoms with E-state index in [1.807, 2.05) is 25.8 Å². The zero-order valence-electron chi connectivity index (χ0n) is 7.71. The second-order valence-electron chi connectivity index (χ2n) is 2.95. The maximum atomic E-state index is 8.56. The van der Waals surface area contributed by atoms with E-state index in [1.54, 1.807) is 0 Å². The predicted octanol–water partition coefficient (Wildman–Crippen LogP) is 0.336. The predicted molar refractivity (Wildman–Crippen MR) is 45.7 cm³/mol. The van der Waals surface area contributed by atoms with Crippen molar-refractivity contribution in [3.05, 3.63) is 0 Å². The minimum atomic E-state index is 0.220. The molecule has 0 spiro atoms. The Bertz CT molecular complexity index is 86.2. The molecule has 0 rings (SSSR count). The van der Waals surface area contributed by atoms with Crippen LogP contribution in [0.5, 0.6) is 0 Å². The summed E-state index contributed by atoms with van der Waals surface area (Å²) in [6, 6.07) is 0. The summed E-state index contributed by atoms with van der Waals surface area (Å²) in [6.45, 7) is 6.62. The van der Waals surface area contributed by atoms with Crippen molar-refractivity contribution in [3.8, 4) is 0 Å². The van der Waals surface area contributed by atoms with Crippen LogP contribution >= 0.6 is 0 Å². The lowest BCUT2D eigenvalue weighted by Gasteiger charge is -2.15. The lowest BCUT2D eigenvalue weighted by molar-refractivity contribution is 0.0610. The summed E-state index contributed by atoms with van der Waals surface area (Å²) in [7, 11) is 1.97. The highest BCUT2D eigenvalue weighted by molar-refractivity contribution is 4.48. The summed E-state index contributed by atoms with van der Waals surface area (Å²) in [4.78, 5) is 2.04. The van der Waals surface area contributed by atoms with Crippen molar-refractivity contribution < 1.29 is 9.84 Å². The van der Waals surface area contributed by atoms with Crippen LogP contribution in [0.15, 0.2) is 0 Å². The van der Waals surface area contributed by atoms with Gasteiger partial charge in [0.2, 0.25) is 0 Å². The average molecular weight is 161 g/mol. The molecule has 0 saturated heterocycles. The molecule has 3 heteroatoms. The monoisotopic (exact) mass is 161 g/mol. The Hall–Kier alpha value is -0.120. The van der Waals surface area contributed by atoms with Crippen LogP contribution in [0.4, 0.5) is 0 Å². The number of rotatable bonds is 6.